The number of hydrogen-bond donors (Lipinski definition) is 1. The van der Waals surface area contributed by atoms with Gasteiger partial charge in [0.05, 0.1) is 5.69 Å². The molecule has 1 N–H and O–H groups in total. The first-order chi connectivity index (χ1) is 8.74. The molecule has 1 heterocycles. The van der Waals surface area contributed by atoms with Gasteiger partial charge in [0.1, 0.15) is 0 Å². The largest absolute Gasteiger partial charge is 0.314 e. The number of rotatable bonds is 8. The molecule has 0 amide bonds. The van der Waals surface area contributed by atoms with Crippen molar-refractivity contribution in [3.63, 3.8) is 0 Å². The molecule has 1 aromatic rings. The quantitative estimate of drug-likeness (QED) is 0.767. The lowest BCUT2D eigenvalue weighted by Gasteiger charge is -2.16. The fourth-order valence-electron chi connectivity index (χ4n) is 2.75. The lowest BCUT2D eigenvalue weighted by molar-refractivity contribution is 0.432. The molecule has 1 unspecified atom stereocenters. The van der Waals surface area contributed by atoms with Crippen molar-refractivity contribution >= 4 is 0 Å². The van der Waals surface area contributed by atoms with Crippen molar-refractivity contribution in [2.75, 3.05) is 6.54 Å². The van der Waals surface area contributed by atoms with Crippen molar-refractivity contribution in [1.82, 2.24) is 15.1 Å². The van der Waals surface area contributed by atoms with Crippen molar-refractivity contribution in [2.24, 2.45) is 13.0 Å². The van der Waals surface area contributed by atoms with Crippen molar-refractivity contribution < 1.29 is 0 Å². The summed E-state index contributed by atoms with van der Waals surface area (Å²) in [7, 11) is 2.07. The maximum absolute atomic E-state index is 4.51. The van der Waals surface area contributed by atoms with Crippen molar-refractivity contribution in [1.29, 1.82) is 0 Å². The minimum Gasteiger partial charge on any atom is -0.314 e. The van der Waals surface area contributed by atoms with Gasteiger partial charge >= 0.3 is 0 Å². The van der Waals surface area contributed by atoms with Crippen LogP contribution in [0.1, 0.15) is 50.9 Å². The molecule has 1 aliphatic carbocycles. The average molecular weight is 249 g/mol. The Morgan fingerprint density at radius 3 is 2.78 bits per heavy atom. The van der Waals surface area contributed by atoms with E-state index in [-0.39, 0.29) is 0 Å². The Hall–Kier alpha value is -0.830. The van der Waals surface area contributed by atoms with Gasteiger partial charge in [0.2, 0.25) is 0 Å². The summed E-state index contributed by atoms with van der Waals surface area (Å²) in [5.74, 6) is 0.961. The number of hydrogen-bond acceptors (Lipinski definition) is 2. The minimum absolute atomic E-state index is 0.758. The number of aromatic nitrogens is 2. The van der Waals surface area contributed by atoms with E-state index in [2.05, 4.69) is 42.1 Å². The Kier molecular flexibility index (Phi) is 4.81. The lowest BCUT2D eigenvalue weighted by atomic mass is 10.0. The second-order valence-electron chi connectivity index (χ2n) is 5.50. The molecular formula is C15H27N3. The molecule has 3 nitrogen and oxygen atoms in total. The van der Waals surface area contributed by atoms with Crippen LogP contribution >= 0.6 is 0 Å². The molecule has 1 aromatic heterocycles. The van der Waals surface area contributed by atoms with Gasteiger partial charge in [-0.3, -0.25) is 4.68 Å². The predicted octanol–water partition coefficient (Wildman–Crippen LogP) is 2.69. The molecule has 1 saturated carbocycles. The van der Waals surface area contributed by atoms with Gasteiger partial charge in [-0.1, -0.05) is 13.8 Å². The topological polar surface area (TPSA) is 29.9 Å². The molecule has 18 heavy (non-hydrogen) atoms. The van der Waals surface area contributed by atoms with Crippen molar-refractivity contribution in [2.45, 2.75) is 58.4 Å². The molecule has 0 bridgehead atoms. The molecule has 1 atom stereocenters. The minimum atomic E-state index is 0.758. The maximum atomic E-state index is 4.51. The molecule has 0 radical (unpaired) electrons. The van der Waals surface area contributed by atoms with Gasteiger partial charge in [-0.05, 0) is 57.1 Å². The van der Waals surface area contributed by atoms with Gasteiger partial charge in [0, 0.05) is 18.8 Å². The van der Waals surface area contributed by atoms with E-state index in [1.54, 1.807) is 0 Å². The Morgan fingerprint density at radius 1 is 1.44 bits per heavy atom. The second-order valence-corrected chi connectivity index (χ2v) is 5.50. The fourth-order valence-corrected chi connectivity index (χ4v) is 2.75. The average Bonchev–Trinajstić information content (AvgIpc) is 3.14. The Morgan fingerprint density at radius 2 is 2.22 bits per heavy atom. The van der Waals surface area contributed by atoms with E-state index in [1.807, 2.05) is 0 Å². The van der Waals surface area contributed by atoms with Crippen LogP contribution in [0.2, 0.25) is 0 Å². The van der Waals surface area contributed by atoms with Crippen LogP contribution < -0.4 is 5.32 Å². The van der Waals surface area contributed by atoms with Crippen LogP contribution in [-0.4, -0.2) is 22.4 Å². The summed E-state index contributed by atoms with van der Waals surface area (Å²) in [5.41, 5.74) is 2.61. The summed E-state index contributed by atoms with van der Waals surface area (Å²) in [5, 5.41) is 8.15. The Bertz CT molecular complexity index is 366. The van der Waals surface area contributed by atoms with Crippen LogP contribution in [0, 0.1) is 5.92 Å². The first-order valence-corrected chi connectivity index (χ1v) is 7.49. The summed E-state index contributed by atoms with van der Waals surface area (Å²) < 4.78 is 2.05. The summed E-state index contributed by atoms with van der Waals surface area (Å²) in [6.45, 7) is 5.48. The first-order valence-electron chi connectivity index (χ1n) is 7.49. The van der Waals surface area contributed by atoms with Crippen LogP contribution in [0.4, 0.5) is 0 Å². The van der Waals surface area contributed by atoms with Gasteiger partial charge < -0.3 is 5.32 Å². The maximum Gasteiger partial charge on any atom is 0.0624 e. The number of nitrogens with zero attached hydrogens (tertiary/aromatic N) is 2. The van der Waals surface area contributed by atoms with Gasteiger partial charge in [-0.15, -0.1) is 0 Å². The van der Waals surface area contributed by atoms with Crippen LogP contribution in [0.25, 0.3) is 0 Å². The van der Waals surface area contributed by atoms with E-state index in [0.717, 1.165) is 31.3 Å². The molecule has 1 aliphatic rings. The molecular weight excluding hydrogens is 222 g/mol. The highest BCUT2D eigenvalue weighted by Gasteiger charge is 2.29. The van der Waals surface area contributed by atoms with Gasteiger partial charge in [0.25, 0.3) is 0 Å². The standard InChI is InChI=1S/C15H27N3/c1-4-13-11-14(18(3)17-13)7-6-8-15(16-5-2)12-9-10-12/h11-12,15-16H,4-10H2,1-3H3. The van der Waals surface area contributed by atoms with Gasteiger partial charge in [-0.2, -0.15) is 5.10 Å². The van der Waals surface area contributed by atoms with Crippen molar-refractivity contribution in [3.8, 4) is 0 Å². The fraction of sp³-hybridized carbons (Fsp3) is 0.800. The zero-order valence-electron chi connectivity index (χ0n) is 12.1. The zero-order chi connectivity index (χ0) is 13.0. The third-order valence-corrected chi connectivity index (χ3v) is 3.99. The summed E-state index contributed by atoms with van der Waals surface area (Å²) >= 11 is 0. The lowest BCUT2D eigenvalue weighted by Crippen LogP contribution is -2.30. The highest BCUT2D eigenvalue weighted by Crippen LogP contribution is 2.34. The Labute approximate surface area is 111 Å². The predicted molar refractivity (Wildman–Crippen MR) is 75.7 cm³/mol. The number of aryl methyl sites for hydroxylation is 3. The normalized spacial score (nSPS) is 17.1. The van der Waals surface area contributed by atoms with E-state index < -0.39 is 0 Å². The first kappa shape index (κ1) is 13.6. The number of nitrogens with one attached hydrogen (secondary N) is 1. The summed E-state index contributed by atoms with van der Waals surface area (Å²) in [6, 6.07) is 3.02. The van der Waals surface area contributed by atoms with E-state index in [1.165, 1.54) is 37.1 Å². The summed E-state index contributed by atoms with van der Waals surface area (Å²) in [4.78, 5) is 0. The molecule has 0 aromatic carbocycles. The van der Waals surface area contributed by atoms with E-state index in [4.69, 9.17) is 0 Å². The molecule has 102 valence electrons. The smallest absolute Gasteiger partial charge is 0.0624 e. The third kappa shape index (κ3) is 3.58. The molecule has 0 saturated heterocycles. The van der Waals surface area contributed by atoms with Crippen LogP contribution in [0.15, 0.2) is 6.07 Å². The van der Waals surface area contributed by atoms with Crippen LogP contribution in [0.3, 0.4) is 0 Å². The molecule has 2 rings (SSSR count). The molecule has 0 aliphatic heterocycles. The molecule has 0 spiro atoms. The molecule has 3 heteroatoms. The summed E-state index contributed by atoms with van der Waals surface area (Å²) in [6.07, 6.45) is 7.66. The molecule has 1 fully saturated rings. The highest BCUT2D eigenvalue weighted by atomic mass is 15.3. The van der Waals surface area contributed by atoms with Gasteiger partial charge in [-0.25, -0.2) is 0 Å². The van der Waals surface area contributed by atoms with E-state index in [9.17, 15) is 0 Å². The second kappa shape index (κ2) is 6.37. The SMILES string of the molecule is CCNC(CCCc1cc(CC)nn1C)C1CC1. The highest BCUT2D eigenvalue weighted by molar-refractivity contribution is 5.10. The monoisotopic (exact) mass is 249 g/mol. The van der Waals surface area contributed by atoms with Crippen molar-refractivity contribution in [3.05, 3.63) is 17.5 Å². The zero-order valence-corrected chi connectivity index (χ0v) is 12.1. The van der Waals surface area contributed by atoms with Gasteiger partial charge in [0.15, 0.2) is 0 Å². The third-order valence-electron chi connectivity index (χ3n) is 3.99. The van der Waals surface area contributed by atoms with Crippen LogP contribution in [0.5, 0.6) is 0 Å². The van der Waals surface area contributed by atoms with E-state index in [0.29, 0.717) is 0 Å². The van der Waals surface area contributed by atoms with E-state index >= 15 is 0 Å². The van der Waals surface area contributed by atoms with Crippen LogP contribution in [-0.2, 0) is 19.9 Å². The Balaban J connectivity index is 1.77.